The van der Waals surface area contributed by atoms with Crippen molar-refractivity contribution in [3.8, 4) is 0 Å². The predicted molar refractivity (Wildman–Crippen MR) is 74.6 cm³/mol. The number of benzene rings is 1. The normalized spacial score (nSPS) is 11.3. The van der Waals surface area contributed by atoms with Crippen molar-refractivity contribution in [1.29, 1.82) is 0 Å². The second-order valence-corrected chi connectivity index (χ2v) is 5.68. The van der Waals surface area contributed by atoms with Crippen LogP contribution in [0.3, 0.4) is 0 Å². The average Bonchev–Trinajstić information content (AvgIpc) is 2.25. The summed E-state index contributed by atoms with van der Waals surface area (Å²) in [6, 6.07) is 8.26. The van der Waals surface area contributed by atoms with Crippen molar-refractivity contribution in [3.05, 3.63) is 35.4 Å². The van der Waals surface area contributed by atoms with Crippen LogP contribution < -0.4 is 0 Å². The number of ether oxygens (including phenoxy) is 1. The molecule has 0 fully saturated rings. The molecule has 0 radical (unpaired) electrons. The monoisotopic (exact) mass is 248 g/mol. The minimum absolute atomic E-state index is 0.163. The largest absolute Gasteiger partial charge is 0.460 e. The van der Waals surface area contributed by atoms with Gasteiger partial charge in [0.05, 0.1) is 6.42 Å². The molecule has 2 nitrogen and oxygen atoms in total. The third-order valence-electron chi connectivity index (χ3n) is 2.61. The van der Waals surface area contributed by atoms with Crippen LogP contribution in [-0.4, -0.2) is 11.6 Å². The topological polar surface area (TPSA) is 26.3 Å². The SMILES string of the molecule is CCCCc1ccc(CC(=O)OC(C)(C)C)cc1. The molecule has 2 heteroatoms. The van der Waals surface area contributed by atoms with Gasteiger partial charge in [0.25, 0.3) is 0 Å². The lowest BCUT2D eigenvalue weighted by Gasteiger charge is -2.19. The van der Waals surface area contributed by atoms with Gasteiger partial charge in [-0.3, -0.25) is 4.79 Å². The molecule has 100 valence electrons. The number of carbonyl (C=O) groups is 1. The van der Waals surface area contributed by atoms with Crippen molar-refractivity contribution in [2.24, 2.45) is 0 Å². The van der Waals surface area contributed by atoms with Gasteiger partial charge in [0.15, 0.2) is 0 Å². The van der Waals surface area contributed by atoms with Crippen molar-refractivity contribution >= 4 is 5.97 Å². The number of unbranched alkanes of at least 4 members (excludes halogenated alkanes) is 1. The number of aryl methyl sites for hydroxylation is 1. The van der Waals surface area contributed by atoms with Gasteiger partial charge in [-0.05, 0) is 44.7 Å². The predicted octanol–water partition coefficient (Wildman–Crippen LogP) is 3.91. The summed E-state index contributed by atoms with van der Waals surface area (Å²) in [5.74, 6) is -0.163. The van der Waals surface area contributed by atoms with Crippen LogP contribution in [0.25, 0.3) is 0 Å². The molecule has 0 heterocycles. The van der Waals surface area contributed by atoms with E-state index in [1.165, 1.54) is 18.4 Å². The highest BCUT2D eigenvalue weighted by molar-refractivity contribution is 5.73. The molecule has 0 saturated carbocycles. The van der Waals surface area contributed by atoms with E-state index < -0.39 is 5.60 Å². The van der Waals surface area contributed by atoms with E-state index in [1.54, 1.807) is 0 Å². The van der Waals surface area contributed by atoms with Gasteiger partial charge in [-0.2, -0.15) is 0 Å². The minimum atomic E-state index is -0.405. The highest BCUT2D eigenvalue weighted by atomic mass is 16.6. The maximum Gasteiger partial charge on any atom is 0.310 e. The molecule has 0 spiro atoms. The summed E-state index contributed by atoms with van der Waals surface area (Å²) in [5.41, 5.74) is 1.95. The van der Waals surface area contributed by atoms with E-state index in [4.69, 9.17) is 4.74 Å². The van der Waals surface area contributed by atoms with Gasteiger partial charge in [-0.25, -0.2) is 0 Å². The Bertz CT molecular complexity index is 371. The first-order valence-corrected chi connectivity index (χ1v) is 6.70. The fourth-order valence-electron chi connectivity index (χ4n) is 1.75. The molecular formula is C16H24O2. The quantitative estimate of drug-likeness (QED) is 0.738. The Balaban J connectivity index is 2.50. The fraction of sp³-hybridized carbons (Fsp3) is 0.562. The third-order valence-corrected chi connectivity index (χ3v) is 2.61. The van der Waals surface area contributed by atoms with Crippen molar-refractivity contribution < 1.29 is 9.53 Å². The molecule has 0 saturated heterocycles. The van der Waals surface area contributed by atoms with Gasteiger partial charge < -0.3 is 4.74 Å². The van der Waals surface area contributed by atoms with Gasteiger partial charge in [0.2, 0.25) is 0 Å². The Hall–Kier alpha value is -1.31. The van der Waals surface area contributed by atoms with Crippen LogP contribution in [-0.2, 0) is 22.4 Å². The number of carbonyl (C=O) groups excluding carboxylic acids is 1. The van der Waals surface area contributed by atoms with Crippen LogP contribution in [0.5, 0.6) is 0 Å². The fourth-order valence-corrected chi connectivity index (χ4v) is 1.75. The molecule has 0 unspecified atom stereocenters. The first-order valence-electron chi connectivity index (χ1n) is 6.70. The lowest BCUT2D eigenvalue weighted by molar-refractivity contribution is -0.153. The van der Waals surface area contributed by atoms with E-state index in [-0.39, 0.29) is 5.97 Å². The van der Waals surface area contributed by atoms with E-state index >= 15 is 0 Å². The van der Waals surface area contributed by atoms with Crippen LogP contribution >= 0.6 is 0 Å². The van der Waals surface area contributed by atoms with Crippen LogP contribution in [0.15, 0.2) is 24.3 Å². The Morgan fingerprint density at radius 2 is 1.67 bits per heavy atom. The molecule has 0 atom stereocenters. The number of hydrogen-bond donors (Lipinski definition) is 0. The van der Waals surface area contributed by atoms with Gasteiger partial charge in [0.1, 0.15) is 5.60 Å². The van der Waals surface area contributed by atoms with Crippen molar-refractivity contribution in [2.75, 3.05) is 0 Å². The second-order valence-electron chi connectivity index (χ2n) is 5.68. The van der Waals surface area contributed by atoms with Gasteiger partial charge in [0, 0.05) is 0 Å². The summed E-state index contributed by atoms with van der Waals surface area (Å²) >= 11 is 0. The van der Waals surface area contributed by atoms with Crippen molar-refractivity contribution in [1.82, 2.24) is 0 Å². The number of hydrogen-bond acceptors (Lipinski definition) is 2. The summed E-state index contributed by atoms with van der Waals surface area (Å²) < 4.78 is 5.30. The first kappa shape index (κ1) is 14.7. The molecule has 0 amide bonds. The van der Waals surface area contributed by atoms with E-state index in [1.807, 2.05) is 32.9 Å². The first-order chi connectivity index (χ1) is 8.40. The Morgan fingerprint density at radius 1 is 1.11 bits per heavy atom. The lowest BCUT2D eigenvalue weighted by Crippen LogP contribution is -2.24. The molecule has 18 heavy (non-hydrogen) atoms. The lowest BCUT2D eigenvalue weighted by atomic mass is 10.0. The Labute approximate surface area is 110 Å². The smallest absolute Gasteiger partial charge is 0.310 e. The maximum absolute atomic E-state index is 11.7. The zero-order chi connectivity index (χ0) is 13.6. The van der Waals surface area contributed by atoms with Crippen molar-refractivity contribution in [3.63, 3.8) is 0 Å². The summed E-state index contributed by atoms with van der Waals surface area (Å²) in [4.78, 5) is 11.7. The summed E-state index contributed by atoms with van der Waals surface area (Å²) in [7, 11) is 0. The van der Waals surface area contributed by atoms with Crippen LogP contribution in [0.1, 0.15) is 51.7 Å². The molecule has 0 aliphatic rings. The highest BCUT2D eigenvalue weighted by Crippen LogP contribution is 2.12. The molecule has 0 N–H and O–H groups in total. The van der Waals surface area contributed by atoms with Gasteiger partial charge >= 0.3 is 5.97 Å². The zero-order valence-electron chi connectivity index (χ0n) is 12.0. The van der Waals surface area contributed by atoms with E-state index in [0.717, 1.165) is 12.0 Å². The highest BCUT2D eigenvalue weighted by Gasteiger charge is 2.16. The summed E-state index contributed by atoms with van der Waals surface area (Å²) in [6.07, 6.45) is 3.89. The zero-order valence-corrected chi connectivity index (χ0v) is 12.0. The minimum Gasteiger partial charge on any atom is -0.460 e. The van der Waals surface area contributed by atoms with Crippen LogP contribution in [0.2, 0.25) is 0 Å². The number of esters is 1. The number of rotatable bonds is 5. The molecule has 0 aliphatic carbocycles. The maximum atomic E-state index is 11.7. The molecule has 0 bridgehead atoms. The molecule has 1 aromatic carbocycles. The van der Waals surface area contributed by atoms with E-state index in [0.29, 0.717) is 6.42 Å². The van der Waals surface area contributed by atoms with Crippen LogP contribution in [0.4, 0.5) is 0 Å². The molecular weight excluding hydrogens is 224 g/mol. The molecule has 1 aromatic rings. The average molecular weight is 248 g/mol. The molecule has 1 rings (SSSR count). The van der Waals surface area contributed by atoms with E-state index in [2.05, 4.69) is 19.1 Å². The molecule has 0 aliphatic heterocycles. The standard InChI is InChI=1S/C16H24O2/c1-5-6-7-13-8-10-14(11-9-13)12-15(17)18-16(2,3)4/h8-11H,5-7,12H2,1-4H3. The summed E-state index contributed by atoms with van der Waals surface area (Å²) in [6.45, 7) is 7.85. The van der Waals surface area contributed by atoms with E-state index in [9.17, 15) is 4.79 Å². The Kier molecular flexibility index (Phi) is 5.39. The third kappa shape index (κ3) is 5.85. The van der Waals surface area contributed by atoms with Gasteiger partial charge in [-0.1, -0.05) is 37.6 Å². The summed E-state index contributed by atoms with van der Waals surface area (Å²) in [5, 5.41) is 0. The van der Waals surface area contributed by atoms with Gasteiger partial charge in [-0.15, -0.1) is 0 Å². The second kappa shape index (κ2) is 6.58. The van der Waals surface area contributed by atoms with Crippen LogP contribution in [0, 0.1) is 0 Å². The Morgan fingerprint density at radius 3 is 2.17 bits per heavy atom. The van der Waals surface area contributed by atoms with Crippen molar-refractivity contribution in [2.45, 2.75) is 59.0 Å². The molecule has 0 aromatic heterocycles.